The van der Waals surface area contributed by atoms with E-state index in [1.54, 1.807) is 5.57 Å². The molecule has 2 nitrogen and oxygen atoms in total. The average molecular weight is 407 g/mol. The summed E-state index contributed by atoms with van der Waals surface area (Å²) in [5, 5.41) is 11.0. The number of allylic oxidation sites excluding steroid dienone is 4. The lowest BCUT2D eigenvalue weighted by Crippen LogP contribution is -2.44. The number of rotatable bonds is 5. The fraction of sp³-hybridized carbons (Fsp3) is 0.607. The standard InChI is InChI=1S/C28H38O2/c1-5-6-22-21(15-16-29)11-12-23-25-13-14-26(30)28(25,4)17-24(27(22)23)20-9-7-19(8-10-20)18(2)3/h7-10,15-16,18,23-26,30H,5-6,11-14,17H2,1-4H3/b21-15-. The molecule has 0 heterocycles. The van der Waals surface area contributed by atoms with Gasteiger partial charge in [-0.15, -0.1) is 0 Å². The smallest absolute Gasteiger partial charge is 0.143 e. The molecule has 0 radical (unpaired) electrons. The SMILES string of the molecule is CCCC1=C2C(c3ccc(C(C)C)cc3)CC3(C)C(O)CCC3C2CC/C1=C/C=O. The van der Waals surface area contributed by atoms with E-state index in [2.05, 4.69) is 52.0 Å². The van der Waals surface area contributed by atoms with Crippen LogP contribution in [0.5, 0.6) is 0 Å². The second-order valence-corrected chi connectivity index (χ2v) is 10.4. The van der Waals surface area contributed by atoms with Crippen molar-refractivity contribution >= 4 is 6.29 Å². The van der Waals surface area contributed by atoms with Gasteiger partial charge in [-0.3, -0.25) is 4.79 Å². The minimum absolute atomic E-state index is 0.00124. The minimum Gasteiger partial charge on any atom is -0.393 e. The fourth-order valence-electron chi connectivity index (χ4n) is 6.89. The molecular formula is C28H38O2. The summed E-state index contributed by atoms with van der Waals surface area (Å²) >= 11 is 0. The zero-order valence-electron chi connectivity index (χ0n) is 19.2. The van der Waals surface area contributed by atoms with Gasteiger partial charge in [-0.1, -0.05) is 64.0 Å². The molecule has 0 amide bonds. The van der Waals surface area contributed by atoms with Gasteiger partial charge in [-0.25, -0.2) is 0 Å². The summed E-state index contributed by atoms with van der Waals surface area (Å²) in [6, 6.07) is 9.24. The predicted molar refractivity (Wildman–Crippen MR) is 124 cm³/mol. The molecule has 1 aromatic carbocycles. The normalized spacial score (nSPS) is 34.9. The van der Waals surface area contributed by atoms with Gasteiger partial charge < -0.3 is 5.11 Å². The van der Waals surface area contributed by atoms with Crippen LogP contribution in [0.3, 0.4) is 0 Å². The number of benzene rings is 1. The van der Waals surface area contributed by atoms with Crippen LogP contribution in [-0.2, 0) is 4.79 Å². The Kier molecular flexibility index (Phi) is 6.08. The molecule has 2 heteroatoms. The number of fused-ring (bicyclic) bond motifs is 3. The van der Waals surface area contributed by atoms with E-state index in [1.165, 1.54) is 22.3 Å². The molecule has 162 valence electrons. The molecule has 0 bridgehead atoms. The lowest BCUT2D eigenvalue weighted by atomic mass is 9.53. The van der Waals surface area contributed by atoms with Crippen LogP contribution in [0.25, 0.3) is 0 Å². The Bertz CT molecular complexity index is 844. The van der Waals surface area contributed by atoms with Crippen LogP contribution in [0.4, 0.5) is 0 Å². The van der Waals surface area contributed by atoms with E-state index >= 15 is 0 Å². The number of hydrogen-bond acceptors (Lipinski definition) is 2. The minimum atomic E-state index is -0.192. The van der Waals surface area contributed by atoms with Crippen molar-refractivity contribution in [2.75, 3.05) is 0 Å². The zero-order valence-corrected chi connectivity index (χ0v) is 19.2. The van der Waals surface area contributed by atoms with Crippen LogP contribution in [0.15, 0.2) is 47.1 Å². The van der Waals surface area contributed by atoms with Gasteiger partial charge in [0, 0.05) is 5.92 Å². The Hall–Kier alpha value is -1.67. The Morgan fingerprint density at radius 1 is 1.17 bits per heavy atom. The van der Waals surface area contributed by atoms with Gasteiger partial charge in [0.15, 0.2) is 0 Å². The lowest BCUT2D eigenvalue weighted by Gasteiger charge is -2.51. The van der Waals surface area contributed by atoms with E-state index in [0.717, 1.165) is 51.2 Å². The second-order valence-electron chi connectivity index (χ2n) is 10.4. The van der Waals surface area contributed by atoms with Gasteiger partial charge in [0.2, 0.25) is 0 Å². The zero-order chi connectivity index (χ0) is 21.5. The first kappa shape index (κ1) is 21.6. The van der Waals surface area contributed by atoms with Crippen LogP contribution in [0.2, 0.25) is 0 Å². The number of aliphatic hydroxyl groups excluding tert-OH is 1. The van der Waals surface area contributed by atoms with Gasteiger partial charge in [0.1, 0.15) is 6.29 Å². The van der Waals surface area contributed by atoms with E-state index < -0.39 is 0 Å². The van der Waals surface area contributed by atoms with E-state index in [0.29, 0.717) is 23.7 Å². The summed E-state index contributed by atoms with van der Waals surface area (Å²) in [5.74, 6) is 1.99. The summed E-state index contributed by atoms with van der Waals surface area (Å²) in [6.45, 7) is 9.07. The summed E-state index contributed by atoms with van der Waals surface area (Å²) in [5.41, 5.74) is 7.10. The number of aldehydes is 1. The lowest BCUT2D eigenvalue weighted by molar-refractivity contribution is -0.104. The molecular weight excluding hydrogens is 368 g/mol. The molecule has 30 heavy (non-hydrogen) atoms. The van der Waals surface area contributed by atoms with Gasteiger partial charge in [0.05, 0.1) is 6.10 Å². The Morgan fingerprint density at radius 2 is 1.90 bits per heavy atom. The van der Waals surface area contributed by atoms with Gasteiger partial charge in [-0.05, 0) is 90.0 Å². The van der Waals surface area contributed by atoms with Crippen molar-refractivity contribution in [3.05, 3.63) is 58.2 Å². The molecule has 1 N–H and O–H groups in total. The summed E-state index contributed by atoms with van der Waals surface area (Å²) in [4.78, 5) is 11.4. The molecule has 0 aliphatic heterocycles. The van der Waals surface area contributed by atoms with Gasteiger partial charge in [0.25, 0.3) is 0 Å². The molecule has 2 saturated carbocycles. The van der Waals surface area contributed by atoms with Crippen molar-refractivity contribution in [1.82, 2.24) is 0 Å². The topological polar surface area (TPSA) is 37.3 Å². The highest BCUT2D eigenvalue weighted by atomic mass is 16.3. The Balaban J connectivity index is 1.87. The van der Waals surface area contributed by atoms with Crippen molar-refractivity contribution in [3.8, 4) is 0 Å². The van der Waals surface area contributed by atoms with Crippen molar-refractivity contribution in [2.45, 2.75) is 90.6 Å². The second kappa shape index (κ2) is 8.46. The van der Waals surface area contributed by atoms with Crippen LogP contribution in [0, 0.1) is 17.3 Å². The summed E-state index contributed by atoms with van der Waals surface area (Å²) in [6.07, 6.45) is 9.98. The van der Waals surface area contributed by atoms with E-state index in [9.17, 15) is 9.90 Å². The van der Waals surface area contributed by atoms with Crippen LogP contribution < -0.4 is 0 Å². The summed E-state index contributed by atoms with van der Waals surface area (Å²) < 4.78 is 0. The molecule has 1 aromatic rings. The van der Waals surface area contributed by atoms with E-state index in [1.807, 2.05) is 6.08 Å². The number of aliphatic hydroxyl groups is 1. The molecule has 5 unspecified atom stereocenters. The van der Waals surface area contributed by atoms with Crippen molar-refractivity contribution in [2.24, 2.45) is 17.3 Å². The molecule has 0 aromatic heterocycles. The monoisotopic (exact) mass is 406 g/mol. The fourth-order valence-corrected chi connectivity index (χ4v) is 6.89. The first-order valence-electron chi connectivity index (χ1n) is 12.1. The first-order chi connectivity index (χ1) is 14.4. The third-order valence-corrected chi connectivity index (χ3v) is 8.50. The molecule has 2 fully saturated rings. The predicted octanol–water partition coefficient (Wildman–Crippen LogP) is 6.71. The number of carbonyl (C=O) groups is 1. The Morgan fingerprint density at radius 3 is 2.53 bits per heavy atom. The van der Waals surface area contributed by atoms with Crippen LogP contribution >= 0.6 is 0 Å². The van der Waals surface area contributed by atoms with E-state index in [4.69, 9.17) is 0 Å². The quantitative estimate of drug-likeness (QED) is 0.436. The number of hydrogen-bond donors (Lipinski definition) is 1. The van der Waals surface area contributed by atoms with Crippen molar-refractivity contribution in [1.29, 1.82) is 0 Å². The molecule has 0 saturated heterocycles. The molecule has 0 spiro atoms. The Labute approximate surface area is 182 Å². The molecule has 4 rings (SSSR count). The highest BCUT2D eigenvalue weighted by Crippen LogP contribution is 2.63. The molecule has 3 aliphatic carbocycles. The first-order valence-corrected chi connectivity index (χ1v) is 12.1. The maximum absolute atomic E-state index is 11.4. The highest BCUT2D eigenvalue weighted by molar-refractivity contribution is 5.69. The maximum Gasteiger partial charge on any atom is 0.143 e. The highest BCUT2D eigenvalue weighted by Gasteiger charge is 2.56. The number of carbonyl (C=O) groups excluding carboxylic acids is 1. The van der Waals surface area contributed by atoms with Gasteiger partial charge >= 0.3 is 0 Å². The van der Waals surface area contributed by atoms with Gasteiger partial charge in [-0.2, -0.15) is 0 Å². The van der Waals surface area contributed by atoms with Crippen LogP contribution in [0.1, 0.15) is 95.6 Å². The summed E-state index contributed by atoms with van der Waals surface area (Å²) in [7, 11) is 0. The van der Waals surface area contributed by atoms with E-state index in [-0.39, 0.29) is 11.5 Å². The van der Waals surface area contributed by atoms with Crippen molar-refractivity contribution in [3.63, 3.8) is 0 Å². The molecule has 3 aliphatic rings. The van der Waals surface area contributed by atoms with Crippen LogP contribution in [-0.4, -0.2) is 17.5 Å². The maximum atomic E-state index is 11.4. The third-order valence-electron chi connectivity index (χ3n) is 8.50. The molecule has 5 atom stereocenters. The average Bonchev–Trinajstić information content (AvgIpc) is 3.04. The third kappa shape index (κ3) is 3.51. The largest absolute Gasteiger partial charge is 0.393 e. The van der Waals surface area contributed by atoms with Crippen molar-refractivity contribution < 1.29 is 9.90 Å².